The number of nitrogens with zero attached hydrogens (tertiary/aromatic N) is 2. The van der Waals surface area contributed by atoms with Gasteiger partial charge in [0, 0.05) is 11.5 Å². The summed E-state index contributed by atoms with van der Waals surface area (Å²) >= 11 is 0. The third-order valence-corrected chi connectivity index (χ3v) is 9.26. The standard InChI is InChI=1S/C28H34N6O7/c1-28(18-4-2-15(3-5-18)23(30)31)26(40)33(27(41)32-28)12-20(35)34(24(38)19(29)11-21(36)37)25(39)22-16-7-13-6-14(9-16)10-17(22)8-13/h2-5,13-14,16-17,19,22H,6-12,29H2,1H3,(H3,30,31)(H,32,41)(H,36,37)/t13?,14?,16?,17?,19-,22?,28+/m0/s1. The highest BCUT2D eigenvalue weighted by Crippen LogP contribution is 2.57. The normalized spacial score (nSPS) is 30.6. The number of carboxylic acids is 1. The maximum absolute atomic E-state index is 13.9. The number of imide groups is 4. The molecule has 4 saturated carbocycles. The number of carbonyl (C=O) groups excluding carboxylic acids is 5. The Morgan fingerprint density at radius 1 is 1.07 bits per heavy atom. The molecule has 13 heteroatoms. The average molecular weight is 567 g/mol. The van der Waals surface area contributed by atoms with Gasteiger partial charge >= 0.3 is 12.0 Å². The minimum atomic E-state index is -1.66. The first-order chi connectivity index (χ1) is 19.3. The number of hydrogen-bond acceptors (Lipinski definition) is 8. The van der Waals surface area contributed by atoms with Gasteiger partial charge in [-0.05, 0) is 68.3 Å². The maximum Gasteiger partial charge on any atom is 0.325 e. The van der Waals surface area contributed by atoms with Crippen LogP contribution in [-0.2, 0) is 29.5 Å². The Morgan fingerprint density at radius 3 is 2.15 bits per heavy atom. The summed E-state index contributed by atoms with van der Waals surface area (Å²) in [6.07, 6.45) is 3.64. The zero-order chi connectivity index (χ0) is 29.8. The van der Waals surface area contributed by atoms with E-state index in [9.17, 15) is 33.9 Å². The number of carboxylic acid groups (broad SMARTS) is 1. The SMILES string of the molecule is C[C@]1(c2ccc(C(=N)N)cc2)NC(=O)N(CC(=O)N(C(=O)C2C3CC4CC(C3)CC2C4)C(=O)[C@@H](N)CC(=O)O)C1=O. The molecule has 2 atom stereocenters. The largest absolute Gasteiger partial charge is 0.481 e. The van der Waals surface area contributed by atoms with E-state index in [0.29, 0.717) is 32.8 Å². The van der Waals surface area contributed by atoms with Crippen LogP contribution in [0.2, 0.25) is 0 Å². The first-order valence-corrected chi connectivity index (χ1v) is 13.8. The van der Waals surface area contributed by atoms with Crippen molar-refractivity contribution in [1.82, 2.24) is 15.1 Å². The van der Waals surface area contributed by atoms with Gasteiger partial charge in [-0.3, -0.25) is 34.3 Å². The lowest BCUT2D eigenvalue weighted by Crippen LogP contribution is -2.59. The molecule has 6 amide bonds. The summed E-state index contributed by atoms with van der Waals surface area (Å²) in [7, 11) is 0. The number of benzene rings is 1. The Kier molecular flexibility index (Phi) is 7.18. The molecule has 1 saturated heterocycles. The molecule has 5 aliphatic rings. The highest BCUT2D eigenvalue weighted by atomic mass is 16.4. The second-order valence-corrected chi connectivity index (χ2v) is 12.0. The molecule has 13 nitrogen and oxygen atoms in total. The van der Waals surface area contributed by atoms with E-state index < -0.39 is 66.1 Å². The van der Waals surface area contributed by atoms with Crippen molar-refractivity contribution in [2.45, 2.75) is 57.0 Å². The summed E-state index contributed by atoms with van der Waals surface area (Å²) in [6, 6.07) is 3.53. The molecule has 4 aliphatic carbocycles. The summed E-state index contributed by atoms with van der Waals surface area (Å²) in [6.45, 7) is 0.544. The van der Waals surface area contributed by atoms with Gasteiger partial charge in [0.2, 0.25) is 5.91 Å². The molecule has 6 rings (SSSR count). The summed E-state index contributed by atoms with van der Waals surface area (Å²) < 4.78 is 0. The minimum absolute atomic E-state index is 0.00975. The van der Waals surface area contributed by atoms with Gasteiger partial charge in [0.1, 0.15) is 17.9 Å². The number of nitrogens with one attached hydrogen (secondary N) is 2. The third kappa shape index (κ3) is 4.98. The molecule has 0 aromatic heterocycles. The van der Waals surface area contributed by atoms with Crippen molar-refractivity contribution in [3.63, 3.8) is 0 Å². The van der Waals surface area contributed by atoms with Crippen LogP contribution in [0.4, 0.5) is 4.79 Å². The fourth-order valence-electron chi connectivity index (χ4n) is 7.50. The fourth-order valence-corrected chi connectivity index (χ4v) is 7.50. The van der Waals surface area contributed by atoms with Gasteiger partial charge in [-0.2, -0.15) is 0 Å². The quantitative estimate of drug-likeness (QED) is 0.168. The van der Waals surface area contributed by atoms with Crippen LogP contribution in [0.3, 0.4) is 0 Å². The molecule has 0 spiro atoms. The zero-order valence-electron chi connectivity index (χ0n) is 22.7. The second-order valence-electron chi connectivity index (χ2n) is 12.0. The average Bonchev–Trinajstić information content (AvgIpc) is 3.11. The molecule has 4 bridgehead atoms. The van der Waals surface area contributed by atoms with Gasteiger partial charge in [0.05, 0.1) is 12.5 Å². The molecule has 7 N–H and O–H groups in total. The van der Waals surface area contributed by atoms with E-state index in [-0.39, 0.29) is 17.7 Å². The number of nitrogens with two attached hydrogens (primary N) is 2. The van der Waals surface area contributed by atoms with Crippen molar-refractivity contribution in [2.24, 2.45) is 41.1 Å². The summed E-state index contributed by atoms with van der Waals surface area (Å²) in [4.78, 5) is 79.6. The monoisotopic (exact) mass is 566 g/mol. The summed E-state index contributed by atoms with van der Waals surface area (Å²) in [5.74, 6) is -4.87. The van der Waals surface area contributed by atoms with Crippen LogP contribution < -0.4 is 16.8 Å². The van der Waals surface area contributed by atoms with Gasteiger partial charge in [-0.25, -0.2) is 9.69 Å². The topological polar surface area (TPSA) is 217 Å². The van der Waals surface area contributed by atoms with E-state index in [2.05, 4.69) is 5.32 Å². The Balaban J connectivity index is 1.39. The van der Waals surface area contributed by atoms with Gasteiger partial charge in [-0.15, -0.1) is 0 Å². The lowest BCUT2D eigenvalue weighted by Gasteiger charge is -2.54. The van der Waals surface area contributed by atoms with Crippen molar-refractivity contribution in [2.75, 3.05) is 6.54 Å². The molecule has 1 aliphatic heterocycles. The maximum atomic E-state index is 13.9. The van der Waals surface area contributed by atoms with Crippen molar-refractivity contribution >= 4 is 41.5 Å². The van der Waals surface area contributed by atoms with E-state index in [1.165, 1.54) is 31.2 Å². The van der Waals surface area contributed by atoms with E-state index in [0.717, 1.165) is 32.1 Å². The zero-order valence-corrected chi connectivity index (χ0v) is 22.7. The van der Waals surface area contributed by atoms with Gasteiger partial charge < -0.3 is 21.9 Å². The fraction of sp³-hybridized carbons (Fsp3) is 0.536. The number of rotatable bonds is 8. The number of hydrogen-bond donors (Lipinski definition) is 5. The van der Waals surface area contributed by atoms with Crippen molar-refractivity contribution in [1.29, 1.82) is 5.41 Å². The third-order valence-electron chi connectivity index (χ3n) is 9.26. The number of urea groups is 1. The predicted octanol–water partition coefficient (Wildman–Crippen LogP) is 0.494. The summed E-state index contributed by atoms with van der Waals surface area (Å²) in [5, 5.41) is 19.3. The van der Waals surface area contributed by atoms with E-state index >= 15 is 0 Å². The van der Waals surface area contributed by atoms with Crippen LogP contribution >= 0.6 is 0 Å². The van der Waals surface area contributed by atoms with Gasteiger partial charge in [0.15, 0.2) is 0 Å². The molecule has 1 heterocycles. The van der Waals surface area contributed by atoms with Crippen LogP contribution in [0.1, 0.15) is 56.6 Å². The molecule has 1 aromatic rings. The minimum Gasteiger partial charge on any atom is -0.481 e. The molecule has 218 valence electrons. The molecule has 0 radical (unpaired) electrons. The molecule has 1 aromatic carbocycles. The lowest BCUT2D eigenvalue weighted by molar-refractivity contribution is -0.165. The molecule has 0 unspecified atom stereocenters. The highest BCUT2D eigenvalue weighted by Gasteiger charge is 2.54. The smallest absolute Gasteiger partial charge is 0.325 e. The highest BCUT2D eigenvalue weighted by molar-refractivity contribution is 6.16. The van der Waals surface area contributed by atoms with Crippen LogP contribution in [0.25, 0.3) is 0 Å². The van der Waals surface area contributed by atoms with Crippen LogP contribution in [0.15, 0.2) is 24.3 Å². The number of amides is 6. The Morgan fingerprint density at radius 2 is 1.63 bits per heavy atom. The van der Waals surface area contributed by atoms with Crippen molar-refractivity contribution in [3.05, 3.63) is 35.4 Å². The summed E-state index contributed by atoms with van der Waals surface area (Å²) in [5.41, 5.74) is 10.5. The molecular weight excluding hydrogens is 532 g/mol. The van der Waals surface area contributed by atoms with Crippen molar-refractivity contribution in [3.8, 4) is 0 Å². The van der Waals surface area contributed by atoms with E-state index in [4.69, 9.17) is 16.9 Å². The van der Waals surface area contributed by atoms with E-state index in [1.54, 1.807) is 0 Å². The molecule has 5 fully saturated rings. The van der Waals surface area contributed by atoms with Gasteiger partial charge in [0.25, 0.3) is 17.7 Å². The first kappa shape index (κ1) is 28.4. The van der Waals surface area contributed by atoms with Crippen molar-refractivity contribution < 1.29 is 33.9 Å². The van der Waals surface area contributed by atoms with Gasteiger partial charge in [-0.1, -0.05) is 24.3 Å². The molecule has 41 heavy (non-hydrogen) atoms. The lowest BCUT2D eigenvalue weighted by atomic mass is 9.51. The Labute approximate surface area is 236 Å². The predicted molar refractivity (Wildman–Crippen MR) is 143 cm³/mol. The van der Waals surface area contributed by atoms with E-state index in [1.807, 2.05) is 0 Å². The number of aliphatic carboxylic acids is 1. The van der Waals surface area contributed by atoms with Crippen LogP contribution in [0.5, 0.6) is 0 Å². The van der Waals surface area contributed by atoms with Crippen LogP contribution in [-0.4, -0.2) is 69.0 Å². The number of nitrogen functional groups attached to an aromatic ring is 1. The Bertz CT molecular complexity index is 1320. The first-order valence-electron chi connectivity index (χ1n) is 13.8. The molecular formula is C28H34N6O7. The number of carbonyl (C=O) groups is 6. The second kappa shape index (κ2) is 10.4. The van der Waals surface area contributed by atoms with Crippen LogP contribution in [0, 0.1) is 35.0 Å². The Hall–Kier alpha value is -4.13. The number of amidine groups is 1.